The second kappa shape index (κ2) is 5.82. The summed E-state index contributed by atoms with van der Waals surface area (Å²) >= 11 is 0. The first-order valence-electron chi connectivity index (χ1n) is 6.09. The van der Waals surface area contributed by atoms with Crippen molar-refractivity contribution >= 4 is 15.9 Å². The fraction of sp³-hybridized carbons (Fsp3) is 0.909. The maximum absolute atomic E-state index is 11.6. The fourth-order valence-corrected chi connectivity index (χ4v) is 3.18. The van der Waals surface area contributed by atoms with Crippen molar-refractivity contribution < 1.29 is 13.2 Å². The van der Waals surface area contributed by atoms with Gasteiger partial charge in [-0.05, 0) is 37.6 Å². The zero-order valence-corrected chi connectivity index (χ0v) is 11.3. The smallest absolute Gasteiger partial charge is 0.237 e. The number of nitrogens with two attached hydrogens (primary N) is 1. The Kier molecular flexibility index (Phi) is 4.94. The summed E-state index contributed by atoms with van der Waals surface area (Å²) in [6.45, 7) is 4.53. The van der Waals surface area contributed by atoms with Crippen LogP contribution in [0, 0.1) is 11.8 Å². The highest BCUT2D eigenvalue weighted by Crippen LogP contribution is 2.27. The van der Waals surface area contributed by atoms with E-state index >= 15 is 0 Å². The van der Waals surface area contributed by atoms with Crippen molar-refractivity contribution in [1.29, 1.82) is 0 Å². The second-order valence-corrected chi connectivity index (χ2v) is 7.17. The predicted molar refractivity (Wildman–Crippen MR) is 66.7 cm³/mol. The molecule has 1 aliphatic rings. The first-order valence-corrected chi connectivity index (χ1v) is 7.64. The maximum Gasteiger partial charge on any atom is 0.237 e. The van der Waals surface area contributed by atoms with Gasteiger partial charge in [0, 0.05) is 6.42 Å². The summed E-state index contributed by atoms with van der Waals surface area (Å²) in [5.41, 5.74) is 5.58. The van der Waals surface area contributed by atoms with Crippen molar-refractivity contribution in [3.63, 3.8) is 0 Å². The van der Waals surface area contributed by atoms with E-state index in [0.717, 1.165) is 6.42 Å². The van der Waals surface area contributed by atoms with Gasteiger partial charge in [-0.1, -0.05) is 13.8 Å². The zero-order valence-electron chi connectivity index (χ0n) is 10.5. The average molecular weight is 262 g/mol. The van der Waals surface area contributed by atoms with Gasteiger partial charge in [0.15, 0.2) is 0 Å². The molecule has 6 heteroatoms. The topological polar surface area (TPSA) is 89.3 Å². The van der Waals surface area contributed by atoms with Gasteiger partial charge in [0.25, 0.3) is 0 Å². The lowest BCUT2D eigenvalue weighted by Gasteiger charge is -2.16. The number of amides is 1. The quantitative estimate of drug-likeness (QED) is 0.703. The van der Waals surface area contributed by atoms with E-state index in [1.165, 1.54) is 0 Å². The Morgan fingerprint density at radius 2 is 2.00 bits per heavy atom. The van der Waals surface area contributed by atoms with Gasteiger partial charge in [-0.2, -0.15) is 0 Å². The first-order chi connectivity index (χ1) is 7.85. The van der Waals surface area contributed by atoms with Gasteiger partial charge in [-0.3, -0.25) is 9.52 Å². The van der Waals surface area contributed by atoms with Gasteiger partial charge in [0.05, 0.1) is 5.25 Å². The number of carbonyl (C=O) groups is 1. The summed E-state index contributed by atoms with van der Waals surface area (Å²) in [6.07, 6.45) is 2.36. The summed E-state index contributed by atoms with van der Waals surface area (Å²) in [6, 6.07) is 0. The lowest BCUT2D eigenvalue weighted by molar-refractivity contribution is -0.120. The van der Waals surface area contributed by atoms with Crippen LogP contribution in [0.1, 0.15) is 39.5 Å². The molecular weight excluding hydrogens is 240 g/mol. The number of rotatable bonds is 7. The Labute approximate surface area is 103 Å². The Bertz CT molecular complexity index is 361. The summed E-state index contributed by atoms with van der Waals surface area (Å²) in [5, 5.41) is -0.354. The highest BCUT2D eigenvalue weighted by atomic mass is 32.2. The van der Waals surface area contributed by atoms with E-state index in [0.29, 0.717) is 25.3 Å². The minimum atomic E-state index is -3.41. The van der Waals surface area contributed by atoms with Crippen LogP contribution in [0.5, 0.6) is 0 Å². The normalized spacial score (nSPS) is 18.1. The first kappa shape index (κ1) is 14.4. The molecule has 0 heterocycles. The monoisotopic (exact) mass is 262 g/mol. The summed E-state index contributed by atoms with van der Waals surface area (Å²) < 4.78 is 25.2. The van der Waals surface area contributed by atoms with Crippen molar-refractivity contribution in [1.82, 2.24) is 4.72 Å². The third-order valence-electron chi connectivity index (χ3n) is 2.83. The minimum absolute atomic E-state index is 0.0596. The maximum atomic E-state index is 11.6. The van der Waals surface area contributed by atoms with Crippen LogP contribution in [-0.4, -0.2) is 26.1 Å². The van der Waals surface area contributed by atoms with Gasteiger partial charge < -0.3 is 5.73 Å². The largest absolute Gasteiger partial charge is 0.330 e. The molecule has 0 aromatic carbocycles. The van der Waals surface area contributed by atoms with Crippen LogP contribution in [0.2, 0.25) is 0 Å². The third-order valence-corrected chi connectivity index (χ3v) is 4.69. The van der Waals surface area contributed by atoms with E-state index in [-0.39, 0.29) is 17.6 Å². The molecule has 5 nitrogen and oxygen atoms in total. The molecule has 17 heavy (non-hydrogen) atoms. The Balaban J connectivity index is 2.42. The lowest BCUT2D eigenvalue weighted by Crippen LogP contribution is -2.35. The Hall–Kier alpha value is -0.620. The van der Waals surface area contributed by atoms with E-state index in [9.17, 15) is 13.2 Å². The van der Waals surface area contributed by atoms with Crippen LogP contribution >= 0.6 is 0 Å². The molecule has 0 radical (unpaired) electrons. The lowest BCUT2D eigenvalue weighted by atomic mass is 9.94. The number of hydrogen-bond donors (Lipinski definition) is 2. The van der Waals surface area contributed by atoms with Crippen molar-refractivity contribution in [2.75, 3.05) is 6.54 Å². The Morgan fingerprint density at radius 3 is 2.41 bits per heavy atom. The highest BCUT2D eigenvalue weighted by Gasteiger charge is 2.36. The number of carbonyl (C=O) groups excluding carboxylic acids is 1. The number of nitrogens with one attached hydrogen (secondary N) is 1. The van der Waals surface area contributed by atoms with Crippen molar-refractivity contribution in [3.05, 3.63) is 0 Å². The zero-order chi connectivity index (χ0) is 13.1. The molecule has 100 valence electrons. The molecule has 0 aromatic rings. The number of sulfonamides is 1. The van der Waals surface area contributed by atoms with Gasteiger partial charge in [-0.25, -0.2) is 8.42 Å². The molecule has 1 saturated carbocycles. The van der Waals surface area contributed by atoms with Gasteiger partial charge >= 0.3 is 0 Å². The molecule has 0 bridgehead atoms. The molecule has 1 rings (SSSR count). The number of hydrogen-bond acceptors (Lipinski definition) is 4. The summed E-state index contributed by atoms with van der Waals surface area (Å²) in [7, 11) is -3.41. The van der Waals surface area contributed by atoms with Crippen LogP contribution in [0.4, 0.5) is 0 Å². The van der Waals surface area contributed by atoms with E-state index in [1.54, 1.807) is 0 Å². The van der Waals surface area contributed by atoms with Crippen LogP contribution in [0.3, 0.4) is 0 Å². The standard InChI is InChI=1S/C11H22N2O3S/c1-8(2)5-9(7-12)6-11(14)13-17(15,16)10-3-4-10/h8-10H,3-7,12H2,1-2H3,(H,13,14). The summed E-state index contributed by atoms with van der Waals surface area (Å²) in [4.78, 5) is 11.6. The van der Waals surface area contributed by atoms with Crippen LogP contribution < -0.4 is 10.5 Å². The molecule has 3 N–H and O–H groups in total. The highest BCUT2D eigenvalue weighted by molar-refractivity contribution is 7.90. The molecule has 0 saturated heterocycles. The SMILES string of the molecule is CC(C)CC(CN)CC(=O)NS(=O)(=O)C1CC1. The third kappa shape index (κ3) is 5.04. The van der Waals surface area contributed by atoms with Gasteiger partial charge in [-0.15, -0.1) is 0 Å². The van der Waals surface area contributed by atoms with E-state index in [4.69, 9.17) is 5.73 Å². The minimum Gasteiger partial charge on any atom is -0.330 e. The van der Waals surface area contributed by atoms with Crippen molar-refractivity contribution in [3.8, 4) is 0 Å². The van der Waals surface area contributed by atoms with Gasteiger partial charge in [0.1, 0.15) is 0 Å². The van der Waals surface area contributed by atoms with Crippen LogP contribution in [0.25, 0.3) is 0 Å². The molecule has 1 amide bonds. The molecular formula is C11H22N2O3S. The predicted octanol–water partition coefficient (Wildman–Crippen LogP) is 0.606. The van der Waals surface area contributed by atoms with E-state index < -0.39 is 15.9 Å². The van der Waals surface area contributed by atoms with Gasteiger partial charge in [0.2, 0.25) is 15.9 Å². The van der Waals surface area contributed by atoms with Crippen molar-refractivity contribution in [2.45, 2.75) is 44.8 Å². The fourth-order valence-electron chi connectivity index (χ4n) is 1.85. The van der Waals surface area contributed by atoms with Crippen molar-refractivity contribution in [2.24, 2.45) is 17.6 Å². The molecule has 0 aromatic heterocycles. The molecule has 0 spiro atoms. The molecule has 1 atom stereocenters. The van der Waals surface area contributed by atoms with E-state index in [1.807, 2.05) is 0 Å². The molecule has 0 aliphatic heterocycles. The second-order valence-electron chi connectivity index (χ2n) is 5.21. The van der Waals surface area contributed by atoms with Crippen LogP contribution in [-0.2, 0) is 14.8 Å². The Morgan fingerprint density at radius 1 is 1.41 bits per heavy atom. The average Bonchev–Trinajstić information content (AvgIpc) is 2.97. The molecule has 1 unspecified atom stereocenters. The molecule has 1 aliphatic carbocycles. The summed E-state index contributed by atoms with van der Waals surface area (Å²) in [5.74, 6) is 0.0915. The molecule has 1 fully saturated rings. The van der Waals surface area contributed by atoms with Crippen LogP contribution in [0.15, 0.2) is 0 Å². The van der Waals surface area contributed by atoms with E-state index in [2.05, 4.69) is 18.6 Å².